The summed E-state index contributed by atoms with van der Waals surface area (Å²) in [5.41, 5.74) is 17.4. The molecule has 4 N–H and O–H groups in total. The molecule has 33 heavy (non-hydrogen) atoms. The maximum atomic E-state index is 6.36. The molecule has 0 unspecified atom stereocenters. The molecule has 0 aliphatic carbocycles. The lowest BCUT2D eigenvalue weighted by molar-refractivity contribution is 0.711. The highest BCUT2D eigenvalue weighted by Gasteiger charge is 2.32. The third kappa shape index (κ3) is 3.53. The molecule has 0 fully saturated rings. The molecule has 9 heteroatoms. The van der Waals surface area contributed by atoms with Crippen molar-refractivity contribution >= 4 is 46.2 Å². The van der Waals surface area contributed by atoms with E-state index in [2.05, 4.69) is 0 Å². The molecule has 3 heterocycles. The highest BCUT2D eigenvalue weighted by atomic mass is 15.4. The Labute approximate surface area is 192 Å². The molecule has 3 aliphatic rings. The van der Waals surface area contributed by atoms with Gasteiger partial charge in [-0.1, -0.05) is 6.08 Å². The van der Waals surface area contributed by atoms with E-state index < -0.39 is 0 Å². The van der Waals surface area contributed by atoms with Crippen LogP contribution in [0.4, 0.5) is 22.7 Å². The zero-order valence-electron chi connectivity index (χ0n) is 19.0. The number of nitrogens with zero attached hydrogens (tertiary/aromatic N) is 7. The average Bonchev–Trinajstić information content (AvgIpc) is 2.78. The first-order valence-electron chi connectivity index (χ1n) is 10.5. The van der Waals surface area contributed by atoms with Crippen LogP contribution in [0.5, 0.6) is 0 Å². The van der Waals surface area contributed by atoms with Crippen molar-refractivity contribution in [2.45, 2.75) is 0 Å². The molecule has 0 radical (unpaired) electrons. The Morgan fingerprint density at radius 1 is 0.727 bits per heavy atom. The van der Waals surface area contributed by atoms with Gasteiger partial charge in [-0.3, -0.25) is 0 Å². The number of rotatable bonds is 4. The average molecular weight is 440 g/mol. The molecule has 2 aromatic carbocycles. The van der Waals surface area contributed by atoms with E-state index in [1.807, 2.05) is 97.5 Å². The van der Waals surface area contributed by atoms with E-state index in [-0.39, 0.29) is 0 Å². The zero-order valence-corrected chi connectivity index (χ0v) is 19.0. The van der Waals surface area contributed by atoms with E-state index in [0.717, 1.165) is 22.5 Å². The van der Waals surface area contributed by atoms with Gasteiger partial charge in [-0.25, -0.2) is 14.9 Å². The predicted octanol–water partition coefficient (Wildman–Crippen LogP) is 2.67. The first-order chi connectivity index (χ1) is 15.8. The number of aliphatic imine (C=N–C) groups is 4. The number of hydrogen-bond donors (Lipinski definition) is 2. The van der Waals surface area contributed by atoms with Gasteiger partial charge >= 0.3 is 0 Å². The second-order valence-electron chi connectivity index (χ2n) is 8.30. The molecule has 0 saturated heterocycles. The van der Waals surface area contributed by atoms with E-state index in [4.69, 9.17) is 31.4 Å². The van der Waals surface area contributed by atoms with Crippen LogP contribution < -0.4 is 21.3 Å². The minimum absolute atomic E-state index is 0.475. The van der Waals surface area contributed by atoms with E-state index in [1.165, 1.54) is 0 Å². The maximum Gasteiger partial charge on any atom is 0.241 e. The van der Waals surface area contributed by atoms with Gasteiger partial charge < -0.3 is 21.3 Å². The molecule has 0 amide bonds. The van der Waals surface area contributed by atoms with Crippen LogP contribution in [0, 0.1) is 0 Å². The quantitative estimate of drug-likeness (QED) is 0.712. The molecule has 0 saturated carbocycles. The van der Waals surface area contributed by atoms with Gasteiger partial charge in [0.1, 0.15) is 11.7 Å². The molecule has 5 rings (SSSR count). The molecule has 166 valence electrons. The predicted molar refractivity (Wildman–Crippen MR) is 137 cm³/mol. The molecule has 0 bridgehead atoms. The molecule has 0 aromatic heterocycles. The van der Waals surface area contributed by atoms with Crippen LogP contribution in [-0.4, -0.2) is 56.6 Å². The fourth-order valence-corrected chi connectivity index (χ4v) is 3.75. The van der Waals surface area contributed by atoms with Crippen molar-refractivity contribution in [3.8, 4) is 0 Å². The number of allylic oxidation sites excluding steroid dienone is 2. The minimum atomic E-state index is 0.475. The smallest absolute Gasteiger partial charge is 0.241 e. The van der Waals surface area contributed by atoms with Gasteiger partial charge in [0.2, 0.25) is 5.96 Å². The van der Waals surface area contributed by atoms with Crippen molar-refractivity contribution in [2.24, 2.45) is 20.0 Å². The van der Waals surface area contributed by atoms with E-state index in [0.29, 0.717) is 40.7 Å². The Balaban J connectivity index is 1.60. The minimum Gasteiger partial charge on any atom is -0.398 e. The van der Waals surface area contributed by atoms with Gasteiger partial charge in [-0.05, 0) is 48.6 Å². The number of guanidine groups is 1. The summed E-state index contributed by atoms with van der Waals surface area (Å²) in [5.74, 6) is 2.86. The van der Waals surface area contributed by atoms with Crippen molar-refractivity contribution in [2.75, 3.05) is 49.5 Å². The maximum absolute atomic E-state index is 6.36. The normalized spacial score (nSPS) is 16.2. The lowest BCUT2D eigenvalue weighted by Crippen LogP contribution is -2.41. The Morgan fingerprint density at radius 2 is 1.30 bits per heavy atom. The molecule has 9 nitrogen and oxygen atoms in total. The van der Waals surface area contributed by atoms with Crippen LogP contribution in [0.15, 0.2) is 80.4 Å². The van der Waals surface area contributed by atoms with Crippen molar-refractivity contribution in [3.63, 3.8) is 0 Å². The zero-order chi connectivity index (χ0) is 23.3. The summed E-state index contributed by atoms with van der Waals surface area (Å²) in [6.07, 6.45) is 5.71. The molecule has 3 aliphatic heterocycles. The topological polar surface area (TPSA) is 111 Å². The summed E-state index contributed by atoms with van der Waals surface area (Å²) in [7, 11) is 7.89. The van der Waals surface area contributed by atoms with E-state index >= 15 is 0 Å². The van der Waals surface area contributed by atoms with Gasteiger partial charge in [0.05, 0.1) is 0 Å². The van der Waals surface area contributed by atoms with Crippen LogP contribution in [0.2, 0.25) is 0 Å². The Bertz CT molecular complexity index is 1280. The SMILES string of the molecule is CN(C)c1ccc(C2=NC3=CC=CC4=NC(c5ccc(N(C)C)cc5N)=NC(=N2)N34)c(N)c1. The van der Waals surface area contributed by atoms with Gasteiger partial charge in [-0.15, -0.1) is 0 Å². The Hall–Kier alpha value is -4.40. The van der Waals surface area contributed by atoms with Gasteiger partial charge in [0, 0.05) is 62.1 Å². The molecule has 0 spiro atoms. The van der Waals surface area contributed by atoms with Crippen molar-refractivity contribution in [1.82, 2.24) is 4.90 Å². The van der Waals surface area contributed by atoms with Gasteiger partial charge in [0.25, 0.3) is 0 Å². The largest absolute Gasteiger partial charge is 0.398 e. The standard InChI is InChI=1S/C24H25N9/c1-31(2)14-8-10-16(18(25)12-14)22-27-20-6-5-7-21-28-23(30-24(29-22)33(20)21)17-11-9-15(32(3)4)13-19(17)26/h5-13H,25-26H2,1-4H3. The summed E-state index contributed by atoms with van der Waals surface area (Å²) in [5, 5.41) is 0. The Kier molecular flexibility index (Phi) is 4.74. The van der Waals surface area contributed by atoms with E-state index in [1.54, 1.807) is 0 Å². The number of anilines is 4. The Morgan fingerprint density at radius 3 is 1.85 bits per heavy atom. The second-order valence-corrected chi connectivity index (χ2v) is 8.30. The van der Waals surface area contributed by atoms with E-state index in [9.17, 15) is 0 Å². The number of hydrogen-bond acceptors (Lipinski definition) is 9. The van der Waals surface area contributed by atoms with Crippen LogP contribution in [-0.2, 0) is 0 Å². The molecular weight excluding hydrogens is 414 g/mol. The highest BCUT2D eigenvalue weighted by molar-refractivity contribution is 6.26. The number of amidine groups is 3. The third-order valence-corrected chi connectivity index (χ3v) is 5.59. The van der Waals surface area contributed by atoms with Crippen LogP contribution >= 0.6 is 0 Å². The molecular formula is C24H25N9. The van der Waals surface area contributed by atoms with Gasteiger partial charge in [0.15, 0.2) is 11.7 Å². The fourth-order valence-electron chi connectivity index (χ4n) is 3.75. The van der Waals surface area contributed by atoms with Crippen molar-refractivity contribution < 1.29 is 0 Å². The lowest BCUT2D eigenvalue weighted by Gasteiger charge is -2.31. The van der Waals surface area contributed by atoms with Crippen LogP contribution in [0.3, 0.4) is 0 Å². The van der Waals surface area contributed by atoms with Crippen molar-refractivity contribution in [3.05, 3.63) is 71.6 Å². The first-order valence-corrected chi connectivity index (χ1v) is 10.5. The number of benzene rings is 2. The fraction of sp³-hybridized carbons (Fsp3) is 0.167. The van der Waals surface area contributed by atoms with Gasteiger partial charge in [-0.2, -0.15) is 9.98 Å². The highest BCUT2D eigenvalue weighted by Crippen LogP contribution is 2.29. The van der Waals surface area contributed by atoms with Crippen LogP contribution in [0.1, 0.15) is 11.1 Å². The summed E-state index contributed by atoms with van der Waals surface area (Å²) in [6.45, 7) is 0. The summed E-state index contributed by atoms with van der Waals surface area (Å²) in [4.78, 5) is 24.8. The lowest BCUT2D eigenvalue weighted by atomic mass is 10.1. The van der Waals surface area contributed by atoms with Crippen molar-refractivity contribution in [1.29, 1.82) is 0 Å². The number of nitrogens with two attached hydrogens (primary N) is 2. The third-order valence-electron chi connectivity index (χ3n) is 5.59. The first kappa shape index (κ1) is 20.5. The summed E-state index contributed by atoms with van der Waals surface area (Å²) in [6, 6.07) is 11.7. The monoisotopic (exact) mass is 439 g/mol. The molecule has 0 atom stereocenters. The number of nitrogen functional groups attached to an aromatic ring is 2. The summed E-state index contributed by atoms with van der Waals surface area (Å²) < 4.78 is 0. The molecule has 2 aromatic rings. The van der Waals surface area contributed by atoms with Crippen LogP contribution in [0.25, 0.3) is 0 Å². The second kappa shape index (κ2) is 7.63. The summed E-state index contributed by atoms with van der Waals surface area (Å²) >= 11 is 0.